The molecule has 7 heteroatoms. The summed E-state index contributed by atoms with van der Waals surface area (Å²) in [5.41, 5.74) is 3.35. The number of rotatable bonds is 5. The molecule has 1 N–H and O–H groups in total. The van der Waals surface area contributed by atoms with Gasteiger partial charge in [0.05, 0.1) is 18.5 Å². The predicted molar refractivity (Wildman–Crippen MR) is 108 cm³/mol. The first-order chi connectivity index (χ1) is 14.1. The van der Waals surface area contributed by atoms with Crippen LogP contribution in [0.3, 0.4) is 0 Å². The van der Waals surface area contributed by atoms with Crippen molar-refractivity contribution < 1.29 is 13.9 Å². The molecule has 3 aromatic rings. The Morgan fingerprint density at radius 2 is 2.00 bits per heavy atom. The van der Waals surface area contributed by atoms with Crippen LogP contribution in [0, 0.1) is 5.82 Å². The van der Waals surface area contributed by atoms with Crippen molar-refractivity contribution in [3.8, 4) is 22.7 Å². The zero-order chi connectivity index (χ0) is 20.2. The van der Waals surface area contributed by atoms with E-state index in [1.54, 1.807) is 17.9 Å². The lowest BCUT2D eigenvalue weighted by molar-refractivity contribution is -0.120. The minimum absolute atomic E-state index is 0.0757. The first-order valence-corrected chi connectivity index (χ1v) is 9.60. The zero-order valence-electron chi connectivity index (χ0n) is 16.3. The van der Waals surface area contributed by atoms with Gasteiger partial charge in [-0.15, -0.1) is 0 Å². The monoisotopic (exact) mass is 394 g/mol. The lowest BCUT2D eigenvalue weighted by Gasteiger charge is -2.18. The minimum Gasteiger partial charge on any atom is -0.497 e. The van der Waals surface area contributed by atoms with Gasteiger partial charge in [0.15, 0.2) is 0 Å². The molecule has 0 bridgehead atoms. The maximum absolute atomic E-state index is 13.8. The maximum atomic E-state index is 13.8. The summed E-state index contributed by atoms with van der Waals surface area (Å²) in [6.45, 7) is 2.71. The van der Waals surface area contributed by atoms with Gasteiger partial charge in [-0.1, -0.05) is 12.1 Å². The number of aromatic nitrogens is 2. The second-order valence-corrected chi connectivity index (χ2v) is 7.03. The van der Waals surface area contributed by atoms with Gasteiger partial charge in [-0.3, -0.25) is 9.69 Å². The van der Waals surface area contributed by atoms with Crippen LogP contribution in [0.15, 0.2) is 54.7 Å². The Morgan fingerprint density at radius 1 is 1.17 bits per heavy atom. The van der Waals surface area contributed by atoms with Gasteiger partial charge >= 0.3 is 0 Å². The molecule has 1 aliphatic rings. The molecular weight excluding hydrogens is 371 g/mol. The van der Waals surface area contributed by atoms with Crippen LogP contribution >= 0.6 is 0 Å². The minimum atomic E-state index is -0.294. The third kappa shape index (κ3) is 4.46. The van der Waals surface area contributed by atoms with Crippen molar-refractivity contribution in [1.29, 1.82) is 0 Å². The standard InChI is InChI=1S/C22H23FN4O2/c1-29-20-7-5-19(6-8-20)27-15-17(14-26-11-9-21(28)24-10-12-26)22(25-27)16-3-2-4-18(23)13-16/h2-8,13,15H,9-12,14H2,1H3,(H,24,28). The summed E-state index contributed by atoms with van der Waals surface area (Å²) in [6.07, 6.45) is 2.45. The average molecular weight is 394 g/mol. The van der Waals surface area contributed by atoms with Crippen molar-refractivity contribution >= 4 is 5.91 Å². The van der Waals surface area contributed by atoms with E-state index in [4.69, 9.17) is 9.84 Å². The highest BCUT2D eigenvalue weighted by molar-refractivity contribution is 5.76. The van der Waals surface area contributed by atoms with E-state index in [0.717, 1.165) is 34.8 Å². The molecular formula is C22H23FN4O2. The number of benzene rings is 2. The molecule has 0 radical (unpaired) electrons. The highest BCUT2D eigenvalue weighted by atomic mass is 19.1. The summed E-state index contributed by atoms with van der Waals surface area (Å²) < 4.78 is 20.9. The number of amides is 1. The quantitative estimate of drug-likeness (QED) is 0.723. The summed E-state index contributed by atoms with van der Waals surface area (Å²) >= 11 is 0. The fraction of sp³-hybridized carbons (Fsp3) is 0.273. The number of halogens is 1. The first-order valence-electron chi connectivity index (χ1n) is 9.60. The van der Waals surface area contributed by atoms with Crippen molar-refractivity contribution in [2.75, 3.05) is 26.7 Å². The van der Waals surface area contributed by atoms with E-state index in [1.165, 1.54) is 12.1 Å². The Morgan fingerprint density at radius 3 is 2.76 bits per heavy atom. The van der Waals surface area contributed by atoms with Gasteiger partial charge in [-0.05, 0) is 36.4 Å². The Kier molecular flexibility index (Phi) is 5.57. The molecule has 2 aromatic carbocycles. The van der Waals surface area contributed by atoms with E-state index in [0.29, 0.717) is 26.1 Å². The molecule has 1 amide bonds. The largest absolute Gasteiger partial charge is 0.497 e. The SMILES string of the molecule is COc1ccc(-n2cc(CN3CCNC(=O)CC3)c(-c3cccc(F)c3)n2)cc1. The molecule has 1 aliphatic heterocycles. The van der Waals surface area contributed by atoms with Crippen LogP contribution in [0.2, 0.25) is 0 Å². The summed E-state index contributed by atoms with van der Waals surface area (Å²) in [6, 6.07) is 14.1. The molecule has 0 spiro atoms. The summed E-state index contributed by atoms with van der Waals surface area (Å²) in [4.78, 5) is 13.9. The molecule has 1 aromatic heterocycles. The maximum Gasteiger partial charge on any atom is 0.221 e. The van der Waals surface area contributed by atoms with E-state index in [1.807, 2.05) is 36.5 Å². The smallest absolute Gasteiger partial charge is 0.221 e. The molecule has 6 nitrogen and oxygen atoms in total. The molecule has 0 unspecified atom stereocenters. The second kappa shape index (κ2) is 8.45. The van der Waals surface area contributed by atoms with Gasteiger partial charge in [-0.25, -0.2) is 9.07 Å². The van der Waals surface area contributed by atoms with Crippen LogP contribution in [0.4, 0.5) is 4.39 Å². The third-order valence-corrected chi connectivity index (χ3v) is 5.02. The van der Waals surface area contributed by atoms with E-state index in [2.05, 4.69) is 10.2 Å². The Labute approximate surface area is 168 Å². The second-order valence-electron chi connectivity index (χ2n) is 7.03. The van der Waals surface area contributed by atoms with Gasteiger partial charge in [0.25, 0.3) is 0 Å². The van der Waals surface area contributed by atoms with Gasteiger partial charge in [0, 0.05) is 49.9 Å². The van der Waals surface area contributed by atoms with Crippen LogP contribution < -0.4 is 10.1 Å². The van der Waals surface area contributed by atoms with E-state index >= 15 is 0 Å². The highest BCUT2D eigenvalue weighted by Crippen LogP contribution is 2.26. The lowest BCUT2D eigenvalue weighted by atomic mass is 10.1. The van der Waals surface area contributed by atoms with Crippen molar-refractivity contribution in [3.63, 3.8) is 0 Å². The average Bonchev–Trinajstić information content (AvgIpc) is 3.04. The van der Waals surface area contributed by atoms with Crippen LogP contribution in [0.25, 0.3) is 16.9 Å². The van der Waals surface area contributed by atoms with Crippen molar-refractivity contribution in [2.24, 2.45) is 0 Å². The number of methoxy groups -OCH3 is 1. The summed E-state index contributed by atoms with van der Waals surface area (Å²) in [5, 5.41) is 7.64. The first kappa shape index (κ1) is 19.1. The van der Waals surface area contributed by atoms with Gasteiger partial charge in [0.1, 0.15) is 11.6 Å². The third-order valence-electron chi connectivity index (χ3n) is 5.02. The van der Waals surface area contributed by atoms with E-state index < -0.39 is 0 Å². The van der Waals surface area contributed by atoms with Crippen LogP contribution in [0.5, 0.6) is 5.75 Å². The number of ether oxygens (including phenoxy) is 1. The number of nitrogens with one attached hydrogen (secondary N) is 1. The topological polar surface area (TPSA) is 59.4 Å². The van der Waals surface area contributed by atoms with Crippen LogP contribution in [-0.4, -0.2) is 47.3 Å². The molecule has 29 heavy (non-hydrogen) atoms. The number of carbonyl (C=O) groups is 1. The van der Waals surface area contributed by atoms with Crippen molar-refractivity contribution in [1.82, 2.24) is 20.0 Å². The van der Waals surface area contributed by atoms with Gasteiger partial charge in [-0.2, -0.15) is 5.10 Å². The molecule has 0 aliphatic carbocycles. The number of nitrogens with zero attached hydrogens (tertiary/aromatic N) is 3. The van der Waals surface area contributed by atoms with Gasteiger partial charge < -0.3 is 10.1 Å². The van der Waals surface area contributed by atoms with Crippen LogP contribution in [-0.2, 0) is 11.3 Å². The molecule has 2 heterocycles. The van der Waals surface area contributed by atoms with Crippen molar-refractivity contribution in [2.45, 2.75) is 13.0 Å². The summed E-state index contributed by atoms with van der Waals surface area (Å²) in [7, 11) is 1.63. The Bertz CT molecular complexity index is 1000. The Hall–Kier alpha value is -3.19. The Balaban J connectivity index is 1.69. The van der Waals surface area contributed by atoms with Crippen LogP contribution in [0.1, 0.15) is 12.0 Å². The zero-order valence-corrected chi connectivity index (χ0v) is 16.3. The molecule has 1 saturated heterocycles. The highest BCUT2D eigenvalue weighted by Gasteiger charge is 2.18. The fourth-order valence-corrected chi connectivity index (χ4v) is 3.48. The molecule has 150 valence electrons. The number of carbonyl (C=O) groups excluding carboxylic acids is 1. The number of hydrogen-bond acceptors (Lipinski definition) is 4. The predicted octanol–water partition coefficient (Wildman–Crippen LogP) is 3.01. The fourth-order valence-electron chi connectivity index (χ4n) is 3.48. The van der Waals surface area contributed by atoms with Crippen molar-refractivity contribution in [3.05, 3.63) is 66.1 Å². The molecule has 4 rings (SSSR count). The summed E-state index contributed by atoms with van der Waals surface area (Å²) in [5.74, 6) is 0.553. The van der Waals surface area contributed by atoms with E-state index in [-0.39, 0.29) is 11.7 Å². The molecule has 0 saturated carbocycles. The van der Waals surface area contributed by atoms with Gasteiger partial charge in [0.2, 0.25) is 5.91 Å². The molecule has 1 fully saturated rings. The number of hydrogen-bond donors (Lipinski definition) is 1. The normalized spacial score (nSPS) is 15.0. The lowest BCUT2D eigenvalue weighted by Crippen LogP contribution is -2.28. The van der Waals surface area contributed by atoms with E-state index in [9.17, 15) is 9.18 Å². The molecule has 0 atom stereocenters.